The number of carbonyl (C=O) groups excluding carboxylic acids is 1. The molecular weight excluding hydrogens is 378 g/mol. The number of para-hydroxylation sites is 2. The molecule has 0 unspecified atom stereocenters. The Hall–Kier alpha value is -2.99. The van der Waals surface area contributed by atoms with E-state index in [1.165, 1.54) is 0 Å². The lowest BCUT2D eigenvalue weighted by molar-refractivity contribution is -0.123. The first-order valence-electron chi connectivity index (χ1n) is 10.3. The van der Waals surface area contributed by atoms with Crippen LogP contribution in [0.4, 0.5) is 0 Å². The fourth-order valence-corrected chi connectivity index (χ4v) is 3.75. The molecule has 0 spiro atoms. The second-order valence-corrected chi connectivity index (χ2v) is 7.72. The van der Waals surface area contributed by atoms with Gasteiger partial charge in [0.05, 0.1) is 20.3 Å². The molecule has 0 fully saturated rings. The first-order chi connectivity index (χ1) is 14.5. The average Bonchev–Trinajstić information content (AvgIpc) is 3.17. The Morgan fingerprint density at radius 1 is 1.00 bits per heavy atom. The normalized spacial score (nSPS) is 13.3. The molecule has 0 saturated carbocycles. The van der Waals surface area contributed by atoms with E-state index in [9.17, 15) is 4.79 Å². The molecule has 6 heteroatoms. The fraction of sp³-hybridized carbons (Fsp3) is 0.375. The van der Waals surface area contributed by atoms with Crippen molar-refractivity contribution in [2.75, 3.05) is 20.8 Å². The molecule has 3 rings (SSSR count). The van der Waals surface area contributed by atoms with Crippen LogP contribution in [0.2, 0.25) is 0 Å². The highest BCUT2D eigenvalue weighted by atomic mass is 16.5. The number of aromatic amines is 1. The number of hydrogen-bond donors (Lipinski definition) is 3. The van der Waals surface area contributed by atoms with Gasteiger partial charge in [-0.1, -0.05) is 30.3 Å². The van der Waals surface area contributed by atoms with Crippen molar-refractivity contribution in [3.63, 3.8) is 0 Å². The summed E-state index contributed by atoms with van der Waals surface area (Å²) in [5, 5.41) is 7.51. The molecule has 3 aromatic rings. The number of H-pyrrole nitrogens is 1. The summed E-state index contributed by atoms with van der Waals surface area (Å²) in [7, 11) is 3.29. The van der Waals surface area contributed by atoms with Gasteiger partial charge in [-0.2, -0.15) is 0 Å². The van der Waals surface area contributed by atoms with Crippen molar-refractivity contribution in [2.45, 2.75) is 38.8 Å². The molecule has 0 radical (unpaired) electrons. The van der Waals surface area contributed by atoms with Crippen molar-refractivity contribution in [2.24, 2.45) is 0 Å². The molecule has 0 saturated heterocycles. The third kappa shape index (κ3) is 4.60. The lowest BCUT2D eigenvalue weighted by atomic mass is 9.89. The van der Waals surface area contributed by atoms with Gasteiger partial charge in [-0.25, -0.2) is 0 Å². The first-order valence-corrected chi connectivity index (χ1v) is 10.3. The van der Waals surface area contributed by atoms with E-state index in [-0.39, 0.29) is 23.9 Å². The maximum atomic E-state index is 12.4. The molecule has 3 N–H and O–H groups in total. The van der Waals surface area contributed by atoms with Crippen molar-refractivity contribution < 1.29 is 14.3 Å². The Morgan fingerprint density at radius 2 is 1.77 bits per heavy atom. The average molecular weight is 410 g/mol. The third-order valence-electron chi connectivity index (χ3n) is 5.26. The van der Waals surface area contributed by atoms with Gasteiger partial charge in [-0.05, 0) is 38.5 Å². The van der Waals surface area contributed by atoms with E-state index in [0.29, 0.717) is 18.0 Å². The highest BCUT2D eigenvalue weighted by Gasteiger charge is 2.25. The van der Waals surface area contributed by atoms with Gasteiger partial charge in [0.25, 0.3) is 0 Å². The number of amides is 1. The van der Waals surface area contributed by atoms with Crippen LogP contribution in [0.15, 0.2) is 48.7 Å². The van der Waals surface area contributed by atoms with Crippen LogP contribution in [0, 0.1) is 0 Å². The molecule has 0 aliphatic heterocycles. The largest absolute Gasteiger partial charge is 0.493 e. The number of benzene rings is 2. The lowest BCUT2D eigenvalue weighted by Crippen LogP contribution is -2.45. The number of methoxy groups -OCH3 is 2. The smallest absolute Gasteiger partial charge is 0.237 e. The van der Waals surface area contributed by atoms with E-state index in [0.717, 1.165) is 22.0 Å². The van der Waals surface area contributed by atoms with Gasteiger partial charge >= 0.3 is 0 Å². The summed E-state index contributed by atoms with van der Waals surface area (Å²) in [6.07, 6.45) is 2.04. The summed E-state index contributed by atoms with van der Waals surface area (Å²) in [6.45, 7) is 6.37. The third-order valence-corrected chi connectivity index (χ3v) is 5.26. The van der Waals surface area contributed by atoms with Gasteiger partial charge in [0, 0.05) is 41.2 Å². The lowest BCUT2D eigenvalue weighted by Gasteiger charge is -2.24. The SMILES string of the molecule is COc1cccc([C@H](CN[C@H](C)C(=O)NC(C)C)c2c[nH]c3ccccc23)c1OC. The topological polar surface area (TPSA) is 75.4 Å². The number of ether oxygens (including phenoxy) is 2. The summed E-state index contributed by atoms with van der Waals surface area (Å²) in [5.74, 6) is 1.34. The second kappa shape index (κ2) is 9.67. The summed E-state index contributed by atoms with van der Waals surface area (Å²) in [5.41, 5.74) is 3.22. The number of fused-ring (bicyclic) bond motifs is 1. The monoisotopic (exact) mass is 409 g/mol. The van der Waals surface area contributed by atoms with Gasteiger partial charge in [0.2, 0.25) is 5.91 Å². The van der Waals surface area contributed by atoms with Crippen LogP contribution in [-0.2, 0) is 4.79 Å². The molecule has 0 aliphatic carbocycles. The molecule has 30 heavy (non-hydrogen) atoms. The Kier molecular flexibility index (Phi) is 7.00. The Labute approximate surface area is 178 Å². The number of rotatable bonds is 9. The van der Waals surface area contributed by atoms with Crippen molar-refractivity contribution in [1.82, 2.24) is 15.6 Å². The van der Waals surface area contributed by atoms with Crippen molar-refractivity contribution >= 4 is 16.8 Å². The summed E-state index contributed by atoms with van der Waals surface area (Å²) < 4.78 is 11.2. The maximum Gasteiger partial charge on any atom is 0.237 e. The van der Waals surface area contributed by atoms with Gasteiger partial charge in [0.15, 0.2) is 11.5 Å². The van der Waals surface area contributed by atoms with Crippen LogP contribution >= 0.6 is 0 Å². The minimum atomic E-state index is -0.322. The number of hydrogen-bond acceptors (Lipinski definition) is 4. The minimum absolute atomic E-state index is 0.0136. The highest BCUT2D eigenvalue weighted by Crippen LogP contribution is 2.40. The van der Waals surface area contributed by atoms with E-state index in [1.807, 2.05) is 57.3 Å². The molecule has 1 amide bonds. The van der Waals surface area contributed by atoms with Crippen LogP contribution in [0.5, 0.6) is 11.5 Å². The van der Waals surface area contributed by atoms with E-state index in [1.54, 1.807) is 14.2 Å². The van der Waals surface area contributed by atoms with Gasteiger partial charge in [-0.3, -0.25) is 4.79 Å². The standard InChI is InChI=1S/C24H31N3O3/c1-15(2)27-24(28)16(3)25-13-20(18-10-8-12-22(29-4)23(18)30-5)19-14-26-21-11-7-6-9-17(19)21/h6-12,14-16,20,25-26H,13H2,1-5H3,(H,27,28)/t16-,20+/m1/s1. The van der Waals surface area contributed by atoms with Crippen LogP contribution < -0.4 is 20.1 Å². The zero-order chi connectivity index (χ0) is 21.7. The van der Waals surface area contributed by atoms with Crippen molar-refractivity contribution in [3.8, 4) is 11.5 Å². The van der Waals surface area contributed by atoms with Gasteiger partial charge in [0.1, 0.15) is 0 Å². The number of aromatic nitrogens is 1. The molecule has 1 aromatic heterocycles. The highest BCUT2D eigenvalue weighted by molar-refractivity contribution is 5.84. The van der Waals surface area contributed by atoms with Gasteiger partial charge < -0.3 is 25.1 Å². The molecule has 1 heterocycles. The molecule has 160 valence electrons. The minimum Gasteiger partial charge on any atom is -0.493 e. The van der Waals surface area contributed by atoms with E-state index in [2.05, 4.69) is 27.8 Å². The predicted octanol–water partition coefficient (Wildman–Crippen LogP) is 3.82. The zero-order valence-electron chi connectivity index (χ0n) is 18.3. The molecular formula is C24H31N3O3. The maximum absolute atomic E-state index is 12.4. The number of carbonyl (C=O) groups is 1. The van der Waals surface area contributed by atoms with Crippen LogP contribution in [-0.4, -0.2) is 43.7 Å². The van der Waals surface area contributed by atoms with Crippen LogP contribution in [0.3, 0.4) is 0 Å². The molecule has 2 aromatic carbocycles. The van der Waals surface area contributed by atoms with Crippen molar-refractivity contribution in [3.05, 3.63) is 59.8 Å². The van der Waals surface area contributed by atoms with E-state index >= 15 is 0 Å². The first kappa shape index (κ1) is 21.7. The van der Waals surface area contributed by atoms with Crippen LogP contribution in [0.25, 0.3) is 10.9 Å². The Balaban J connectivity index is 1.99. The quantitative estimate of drug-likeness (QED) is 0.502. The summed E-state index contributed by atoms with van der Waals surface area (Å²) >= 11 is 0. The number of nitrogens with one attached hydrogen (secondary N) is 3. The summed E-state index contributed by atoms with van der Waals surface area (Å²) in [4.78, 5) is 15.8. The fourth-order valence-electron chi connectivity index (χ4n) is 3.75. The molecule has 2 atom stereocenters. The van der Waals surface area contributed by atoms with E-state index in [4.69, 9.17) is 9.47 Å². The second-order valence-electron chi connectivity index (χ2n) is 7.72. The molecule has 0 aliphatic rings. The van der Waals surface area contributed by atoms with Gasteiger partial charge in [-0.15, -0.1) is 0 Å². The van der Waals surface area contributed by atoms with Crippen LogP contribution in [0.1, 0.15) is 37.8 Å². The Morgan fingerprint density at radius 3 is 2.47 bits per heavy atom. The zero-order valence-corrected chi connectivity index (χ0v) is 18.3. The summed E-state index contributed by atoms with van der Waals surface area (Å²) in [6, 6.07) is 13.9. The van der Waals surface area contributed by atoms with E-state index < -0.39 is 0 Å². The van der Waals surface area contributed by atoms with Crippen molar-refractivity contribution in [1.29, 1.82) is 0 Å². The molecule has 6 nitrogen and oxygen atoms in total. The predicted molar refractivity (Wildman–Crippen MR) is 120 cm³/mol. The Bertz CT molecular complexity index is 996. The molecule has 0 bridgehead atoms.